The average molecular weight is 331 g/mol. The molecule has 1 aromatic carbocycles. The third-order valence-corrected chi connectivity index (χ3v) is 3.03. The summed E-state index contributed by atoms with van der Waals surface area (Å²) >= 11 is 0. The molecule has 8 nitrogen and oxygen atoms in total. The molecule has 126 valence electrons. The van der Waals surface area contributed by atoms with Crippen molar-refractivity contribution in [2.75, 3.05) is 6.61 Å². The molecule has 0 saturated carbocycles. The van der Waals surface area contributed by atoms with Gasteiger partial charge in [0.05, 0.1) is 18.4 Å². The standard InChI is InChI=1S/C16H17N3O5/c17-16(22)19-8-11-3-5-12(6-4-11)15(21)24-10-14(20)18-9-13-2-1-7-23-13/h1-7H,8-10H2,(H,18,20)(H3,17,19,22). The van der Waals surface area contributed by atoms with Gasteiger partial charge in [0.15, 0.2) is 6.61 Å². The molecule has 0 fully saturated rings. The molecule has 0 radical (unpaired) electrons. The molecule has 2 aromatic rings. The number of amides is 3. The molecule has 0 saturated heterocycles. The number of esters is 1. The summed E-state index contributed by atoms with van der Waals surface area (Å²) in [4.78, 5) is 34.1. The monoisotopic (exact) mass is 331 g/mol. The number of nitrogens with one attached hydrogen (secondary N) is 2. The molecule has 1 heterocycles. The van der Waals surface area contributed by atoms with E-state index < -0.39 is 17.9 Å². The van der Waals surface area contributed by atoms with Crippen LogP contribution in [0.1, 0.15) is 21.7 Å². The van der Waals surface area contributed by atoms with Gasteiger partial charge in [0, 0.05) is 6.54 Å². The highest BCUT2D eigenvalue weighted by molar-refractivity contribution is 5.91. The van der Waals surface area contributed by atoms with Crippen molar-refractivity contribution in [1.29, 1.82) is 0 Å². The van der Waals surface area contributed by atoms with E-state index in [-0.39, 0.29) is 19.7 Å². The van der Waals surface area contributed by atoms with Gasteiger partial charge in [-0.05, 0) is 29.8 Å². The summed E-state index contributed by atoms with van der Waals surface area (Å²) in [7, 11) is 0. The second-order valence-electron chi connectivity index (χ2n) is 4.85. The van der Waals surface area contributed by atoms with Gasteiger partial charge >= 0.3 is 12.0 Å². The molecule has 0 atom stereocenters. The van der Waals surface area contributed by atoms with E-state index in [1.54, 1.807) is 36.4 Å². The summed E-state index contributed by atoms with van der Waals surface area (Å²) in [5.41, 5.74) is 6.06. The maximum atomic E-state index is 11.8. The Morgan fingerprint density at radius 2 is 1.79 bits per heavy atom. The number of primary amides is 1. The summed E-state index contributed by atoms with van der Waals surface area (Å²) in [6.07, 6.45) is 1.50. The molecular weight excluding hydrogens is 314 g/mol. The Labute approximate surface area is 138 Å². The lowest BCUT2D eigenvalue weighted by molar-refractivity contribution is -0.124. The van der Waals surface area contributed by atoms with E-state index in [2.05, 4.69) is 10.6 Å². The van der Waals surface area contributed by atoms with Crippen LogP contribution >= 0.6 is 0 Å². The second kappa shape index (κ2) is 8.37. The van der Waals surface area contributed by atoms with Crippen molar-refractivity contribution >= 4 is 17.9 Å². The number of ether oxygens (including phenoxy) is 1. The first-order valence-corrected chi connectivity index (χ1v) is 7.13. The number of benzene rings is 1. The van der Waals surface area contributed by atoms with Crippen molar-refractivity contribution in [1.82, 2.24) is 10.6 Å². The second-order valence-corrected chi connectivity index (χ2v) is 4.85. The van der Waals surface area contributed by atoms with Crippen molar-refractivity contribution in [3.05, 3.63) is 59.5 Å². The molecule has 24 heavy (non-hydrogen) atoms. The Balaban J connectivity index is 1.75. The number of carbonyl (C=O) groups excluding carboxylic acids is 3. The Morgan fingerprint density at radius 1 is 1.04 bits per heavy atom. The average Bonchev–Trinajstić information content (AvgIpc) is 3.10. The molecular formula is C16H17N3O5. The molecule has 1 aromatic heterocycles. The Kier molecular flexibility index (Phi) is 5.95. The molecule has 0 aliphatic carbocycles. The third kappa shape index (κ3) is 5.48. The predicted octanol–water partition coefficient (Wildman–Crippen LogP) is 0.921. The van der Waals surface area contributed by atoms with Crippen molar-refractivity contribution in [3.63, 3.8) is 0 Å². The first-order chi connectivity index (χ1) is 11.5. The van der Waals surface area contributed by atoms with Crippen molar-refractivity contribution in [3.8, 4) is 0 Å². The lowest BCUT2D eigenvalue weighted by Crippen LogP contribution is -2.28. The third-order valence-electron chi connectivity index (χ3n) is 3.03. The molecule has 0 bridgehead atoms. The zero-order valence-corrected chi connectivity index (χ0v) is 12.8. The van der Waals surface area contributed by atoms with Gasteiger partial charge in [0.2, 0.25) is 0 Å². The zero-order valence-electron chi connectivity index (χ0n) is 12.8. The van der Waals surface area contributed by atoms with E-state index in [0.717, 1.165) is 5.56 Å². The van der Waals surface area contributed by atoms with Gasteiger partial charge < -0.3 is 25.5 Å². The van der Waals surface area contributed by atoms with Gasteiger partial charge in [-0.3, -0.25) is 4.79 Å². The van der Waals surface area contributed by atoms with Crippen LogP contribution in [0.5, 0.6) is 0 Å². The largest absolute Gasteiger partial charge is 0.467 e. The fourth-order valence-electron chi connectivity index (χ4n) is 1.81. The van der Waals surface area contributed by atoms with E-state index in [0.29, 0.717) is 11.3 Å². The Morgan fingerprint density at radius 3 is 2.42 bits per heavy atom. The maximum Gasteiger partial charge on any atom is 0.338 e. The van der Waals surface area contributed by atoms with Gasteiger partial charge in [0.25, 0.3) is 5.91 Å². The summed E-state index contributed by atoms with van der Waals surface area (Å²) in [5, 5.41) is 5.00. The van der Waals surface area contributed by atoms with Gasteiger partial charge in [-0.1, -0.05) is 12.1 Å². The number of nitrogens with two attached hydrogens (primary N) is 1. The highest BCUT2D eigenvalue weighted by Gasteiger charge is 2.10. The zero-order chi connectivity index (χ0) is 17.4. The van der Waals surface area contributed by atoms with Crippen LogP contribution < -0.4 is 16.4 Å². The maximum absolute atomic E-state index is 11.8. The number of hydrogen-bond donors (Lipinski definition) is 3. The number of rotatable bonds is 7. The topological polar surface area (TPSA) is 124 Å². The number of urea groups is 1. The highest BCUT2D eigenvalue weighted by atomic mass is 16.5. The smallest absolute Gasteiger partial charge is 0.338 e. The van der Waals surface area contributed by atoms with Crippen molar-refractivity contribution in [2.24, 2.45) is 5.73 Å². The van der Waals surface area contributed by atoms with Crippen LogP contribution in [-0.2, 0) is 22.6 Å². The minimum atomic E-state index is -0.626. The van der Waals surface area contributed by atoms with Crippen LogP contribution in [0.25, 0.3) is 0 Å². The number of furan rings is 1. The highest BCUT2D eigenvalue weighted by Crippen LogP contribution is 2.06. The number of carbonyl (C=O) groups is 3. The van der Waals surface area contributed by atoms with Crippen LogP contribution in [0, 0.1) is 0 Å². The lowest BCUT2D eigenvalue weighted by Gasteiger charge is -2.06. The molecule has 0 unspecified atom stereocenters. The van der Waals surface area contributed by atoms with E-state index in [9.17, 15) is 14.4 Å². The Bertz CT molecular complexity index is 695. The minimum absolute atomic E-state index is 0.227. The summed E-state index contributed by atoms with van der Waals surface area (Å²) in [6.45, 7) is 0.106. The van der Waals surface area contributed by atoms with Crippen LogP contribution in [0.2, 0.25) is 0 Å². The molecule has 0 aliphatic rings. The van der Waals surface area contributed by atoms with Gasteiger partial charge in [-0.15, -0.1) is 0 Å². The SMILES string of the molecule is NC(=O)NCc1ccc(C(=O)OCC(=O)NCc2ccco2)cc1. The fraction of sp³-hybridized carbons (Fsp3) is 0.188. The molecule has 4 N–H and O–H groups in total. The molecule has 3 amide bonds. The molecule has 8 heteroatoms. The number of hydrogen-bond acceptors (Lipinski definition) is 5. The summed E-state index contributed by atoms with van der Waals surface area (Å²) in [5.74, 6) is -0.436. The summed E-state index contributed by atoms with van der Waals surface area (Å²) in [6, 6.07) is 9.21. The fourth-order valence-corrected chi connectivity index (χ4v) is 1.81. The Hall–Kier alpha value is -3.29. The van der Waals surface area contributed by atoms with Gasteiger partial charge in [0.1, 0.15) is 5.76 Å². The summed E-state index contributed by atoms with van der Waals surface area (Å²) < 4.78 is 9.99. The normalized spacial score (nSPS) is 10.0. The van der Waals surface area contributed by atoms with Crippen LogP contribution in [0.15, 0.2) is 47.1 Å². The van der Waals surface area contributed by atoms with Crippen molar-refractivity contribution < 1.29 is 23.5 Å². The van der Waals surface area contributed by atoms with Crippen LogP contribution in [0.3, 0.4) is 0 Å². The minimum Gasteiger partial charge on any atom is -0.467 e. The molecule has 0 spiro atoms. The van der Waals surface area contributed by atoms with E-state index >= 15 is 0 Å². The van der Waals surface area contributed by atoms with Crippen LogP contribution in [0.4, 0.5) is 4.79 Å². The van der Waals surface area contributed by atoms with Crippen molar-refractivity contribution in [2.45, 2.75) is 13.1 Å². The van der Waals surface area contributed by atoms with E-state index in [1.165, 1.54) is 6.26 Å². The predicted molar refractivity (Wildman–Crippen MR) is 83.7 cm³/mol. The van der Waals surface area contributed by atoms with E-state index in [1.807, 2.05) is 0 Å². The lowest BCUT2D eigenvalue weighted by atomic mass is 10.1. The van der Waals surface area contributed by atoms with E-state index in [4.69, 9.17) is 14.9 Å². The first kappa shape index (κ1) is 17.1. The molecule has 2 rings (SSSR count). The van der Waals surface area contributed by atoms with Gasteiger partial charge in [-0.2, -0.15) is 0 Å². The van der Waals surface area contributed by atoms with Crippen LogP contribution in [-0.4, -0.2) is 24.5 Å². The first-order valence-electron chi connectivity index (χ1n) is 7.13. The van der Waals surface area contributed by atoms with Gasteiger partial charge in [-0.25, -0.2) is 9.59 Å². The quantitative estimate of drug-likeness (QED) is 0.651. The molecule has 0 aliphatic heterocycles.